The van der Waals surface area contributed by atoms with Crippen LogP contribution in [0, 0.1) is 0 Å². The Kier molecular flexibility index (Phi) is 16.0. The second-order valence-electron chi connectivity index (χ2n) is 30.4. The summed E-state index contributed by atoms with van der Waals surface area (Å²) in [6, 6.07) is 128. The summed E-state index contributed by atoms with van der Waals surface area (Å²) in [5.41, 5.74) is 22.5. The number of aryl methyl sites for hydroxylation is 2. The number of furan rings is 3. The Morgan fingerprint density at radius 1 is 0.254 bits per heavy atom. The zero-order valence-electron chi connectivity index (χ0n) is 64.5. The molecule has 0 bridgehead atoms. The Morgan fingerprint density at radius 3 is 1.02 bits per heavy atom. The third-order valence-electron chi connectivity index (χ3n) is 23.7. The van der Waals surface area contributed by atoms with Crippen LogP contribution in [0.15, 0.2) is 383 Å². The Balaban J connectivity index is 0.000000104. The van der Waals surface area contributed by atoms with Gasteiger partial charge in [0.1, 0.15) is 50.8 Å². The molecule has 118 heavy (non-hydrogen) atoms. The summed E-state index contributed by atoms with van der Waals surface area (Å²) < 4.78 is 26.8. The number of hydrogen-bond donors (Lipinski definition) is 0. The van der Waals surface area contributed by atoms with Gasteiger partial charge in [-0.25, -0.2) is 15.0 Å². The van der Waals surface area contributed by atoms with Crippen LogP contribution >= 0.6 is 0 Å². The molecule has 0 radical (unpaired) electrons. The van der Waals surface area contributed by atoms with Gasteiger partial charge in [0.25, 0.3) is 0 Å². The molecule has 0 unspecified atom stereocenters. The highest BCUT2D eigenvalue weighted by Crippen LogP contribution is 2.48. The lowest BCUT2D eigenvalue weighted by Gasteiger charge is -2.12. The van der Waals surface area contributed by atoms with Gasteiger partial charge in [0.2, 0.25) is 0 Å². The zero-order valence-corrected chi connectivity index (χ0v) is 64.5. The molecular formula is C108H71N7O3. The number of imidazole rings is 3. The second kappa shape index (κ2) is 27.7. The highest BCUT2D eigenvalue weighted by molar-refractivity contribution is 6.32. The predicted molar refractivity (Wildman–Crippen MR) is 488 cm³/mol. The van der Waals surface area contributed by atoms with Crippen molar-refractivity contribution in [3.63, 3.8) is 0 Å². The summed E-state index contributed by atoms with van der Waals surface area (Å²) in [6.45, 7) is 4.32. The summed E-state index contributed by atoms with van der Waals surface area (Å²) in [5, 5.41) is 21.6. The van der Waals surface area contributed by atoms with Gasteiger partial charge in [0.05, 0.1) is 33.1 Å². The lowest BCUT2D eigenvalue weighted by Crippen LogP contribution is -2.00. The molecule has 556 valence electrons. The standard InChI is InChI=1S/C38H23N3O.2C35H24N2O/c1-3-14-28-24(10-1)19-20-34-35(28)36-29-15-4-2-11-26(29)23-30(37(36)42-34)25-12-9-13-27(22-25)41-33-18-6-5-16-31(33)40-38(41)32-17-7-8-21-39-32;1-2-32-36-29-16-7-8-17-30(29)37(32)25-13-9-12-23(20-25)28-21-24-11-4-6-15-27(24)34-33-26-14-5-3-10-22(26)18-19-31(33)38-35(28)34;1-2-32-36-29-13-7-8-14-30(29)37(32)25-18-15-23(16-19-25)28-21-24-10-4-6-12-27(24)34-33-26-11-5-3-9-22(26)17-20-31(33)38-35(28)34/h1-23H;2*3-21H,2H2,1H3. The Hall–Kier alpha value is -15.5. The lowest BCUT2D eigenvalue weighted by molar-refractivity contribution is 0.670. The van der Waals surface area contributed by atoms with Crippen molar-refractivity contribution in [1.29, 1.82) is 0 Å². The van der Waals surface area contributed by atoms with Gasteiger partial charge in [0.15, 0.2) is 5.82 Å². The summed E-state index contributed by atoms with van der Waals surface area (Å²) in [7, 11) is 0. The van der Waals surface area contributed by atoms with Gasteiger partial charge in [-0.1, -0.05) is 257 Å². The van der Waals surface area contributed by atoms with E-state index in [0.29, 0.717) is 0 Å². The second-order valence-corrected chi connectivity index (χ2v) is 30.4. The largest absolute Gasteiger partial charge is 0.455 e. The number of fused-ring (bicyclic) bond motifs is 24. The van der Waals surface area contributed by atoms with E-state index < -0.39 is 0 Å². The Morgan fingerprint density at radius 2 is 0.602 bits per heavy atom. The van der Waals surface area contributed by atoms with E-state index in [4.69, 9.17) is 28.2 Å². The van der Waals surface area contributed by atoms with Gasteiger partial charge in [0, 0.05) is 85.1 Å². The Labute approximate surface area is 676 Å². The Bertz CT molecular complexity index is 8360. The maximum absolute atomic E-state index is 6.72. The van der Waals surface area contributed by atoms with Crippen LogP contribution < -0.4 is 0 Å². The van der Waals surface area contributed by atoms with Crippen LogP contribution in [0.1, 0.15) is 25.5 Å². The average Bonchev–Trinajstić information content (AvgIpc) is 1.47. The SMILES string of the molecule is CCc1nc2ccccc2n1-c1ccc(-c2cc3ccccc3c3c2oc2ccc4ccccc4c23)cc1.CCc1nc2ccccc2n1-c1cccc(-c2cc3ccccc3c3c2oc2ccc4ccccc4c23)c1.c1ccc(-c2nc3ccccc3n2-c2cccc(-c3cc4ccccc4c4c3oc3ccc5ccccc5c34)c2)nc1. The number of hydrogen-bond acceptors (Lipinski definition) is 7. The van der Waals surface area contributed by atoms with Crippen LogP contribution in [0.2, 0.25) is 0 Å². The maximum Gasteiger partial charge on any atom is 0.164 e. The summed E-state index contributed by atoms with van der Waals surface area (Å²) in [6.07, 6.45) is 3.54. The van der Waals surface area contributed by atoms with Crippen LogP contribution in [0.5, 0.6) is 0 Å². The molecule has 7 aromatic heterocycles. The molecule has 0 atom stereocenters. The minimum atomic E-state index is 0.813. The normalized spacial score (nSPS) is 11.9. The van der Waals surface area contributed by atoms with E-state index >= 15 is 0 Å². The molecule has 10 heteroatoms. The molecule has 0 N–H and O–H groups in total. The fraction of sp³-hybridized carbons (Fsp3) is 0.0370. The monoisotopic (exact) mass is 1510 g/mol. The van der Waals surface area contributed by atoms with Crippen LogP contribution in [-0.4, -0.2) is 33.6 Å². The number of aromatic nitrogens is 7. The molecule has 25 rings (SSSR count). The van der Waals surface area contributed by atoms with Crippen LogP contribution in [0.25, 0.3) is 226 Å². The lowest BCUT2D eigenvalue weighted by atomic mass is 9.94. The first-order valence-electron chi connectivity index (χ1n) is 40.3. The highest BCUT2D eigenvalue weighted by Gasteiger charge is 2.25. The average molecular weight is 1510 g/mol. The van der Waals surface area contributed by atoms with Crippen molar-refractivity contribution in [2.75, 3.05) is 0 Å². The third kappa shape index (κ3) is 11.0. The van der Waals surface area contributed by atoms with Gasteiger partial charge in [-0.05, 0) is 203 Å². The fourth-order valence-corrected chi connectivity index (χ4v) is 18.4. The first-order valence-corrected chi connectivity index (χ1v) is 40.3. The van der Waals surface area contributed by atoms with Crippen LogP contribution in [0.4, 0.5) is 0 Å². The molecule has 0 spiro atoms. The van der Waals surface area contributed by atoms with Crippen LogP contribution in [-0.2, 0) is 12.8 Å². The summed E-state index contributed by atoms with van der Waals surface area (Å²) in [4.78, 5) is 19.4. The molecule has 0 fully saturated rings. The van der Waals surface area contributed by atoms with Crippen molar-refractivity contribution in [3.05, 3.63) is 382 Å². The number of pyridine rings is 1. The quantitative estimate of drug-likeness (QED) is 0.142. The van der Waals surface area contributed by atoms with Gasteiger partial charge in [-0.2, -0.15) is 0 Å². The maximum atomic E-state index is 6.72. The first kappa shape index (κ1) is 68.1. The van der Waals surface area contributed by atoms with Crippen molar-refractivity contribution >= 4 is 164 Å². The van der Waals surface area contributed by atoms with Gasteiger partial charge in [-0.15, -0.1) is 0 Å². The van der Waals surface area contributed by atoms with Crippen LogP contribution in [0.3, 0.4) is 0 Å². The van der Waals surface area contributed by atoms with E-state index in [-0.39, 0.29) is 0 Å². The first-order chi connectivity index (χ1) is 58.4. The molecule has 0 saturated carbocycles. The number of rotatable bonds is 9. The number of para-hydroxylation sites is 6. The van der Waals surface area contributed by atoms with E-state index in [9.17, 15) is 0 Å². The van der Waals surface area contributed by atoms with E-state index in [1.54, 1.807) is 0 Å². The minimum absolute atomic E-state index is 0.813. The van der Waals surface area contributed by atoms with E-state index in [2.05, 4.69) is 354 Å². The molecule has 18 aromatic carbocycles. The van der Waals surface area contributed by atoms with E-state index in [1.165, 1.54) is 86.2 Å². The molecule has 0 amide bonds. The third-order valence-corrected chi connectivity index (χ3v) is 23.7. The molecule has 25 aromatic rings. The van der Waals surface area contributed by atoms with E-state index in [0.717, 1.165) is 164 Å². The van der Waals surface area contributed by atoms with Crippen molar-refractivity contribution < 1.29 is 13.3 Å². The zero-order chi connectivity index (χ0) is 78.1. The molecule has 7 heterocycles. The minimum Gasteiger partial charge on any atom is -0.455 e. The molecule has 0 aliphatic carbocycles. The molecule has 10 nitrogen and oxygen atoms in total. The van der Waals surface area contributed by atoms with Gasteiger partial charge < -0.3 is 13.3 Å². The molecular weight excluding hydrogens is 1440 g/mol. The molecule has 0 saturated heterocycles. The summed E-state index contributed by atoms with van der Waals surface area (Å²) >= 11 is 0. The molecule has 0 aliphatic heterocycles. The van der Waals surface area contributed by atoms with Crippen molar-refractivity contribution in [1.82, 2.24) is 33.6 Å². The van der Waals surface area contributed by atoms with Crippen molar-refractivity contribution in [2.24, 2.45) is 0 Å². The van der Waals surface area contributed by atoms with Crippen molar-refractivity contribution in [2.45, 2.75) is 26.7 Å². The molecule has 0 aliphatic rings. The predicted octanol–water partition coefficient (Wildman–Crippen LogP) is 28.9. The van der Waals surface area contributed by atoms with E-state index in [1.807, 2.05) is 48.7 Å². The number of nitrogens with zero attached hydrogens (tertiary/aromatic N) is 7. The topological polar surface area (TPSA) is 106 Å². The van der Waals surface area contributed by atoms with Crippen molar-refractivity contribution in [3.8, 4) is 62.0 Å². The highest BCUT2D eigenvalue weighted by atomic mass is 16.3. The van der Waals surface area contributed by atoms with Gasteiger partial charge >= 0.3 is 0 Å². The fourth-order valence-electron chi connectivity index (χ4n) is 18.4. The van der Waals surface area contributed by atoms with Gasteiger partial charge in [-0.3, -0.25) is 18.7 Å². The smallest absolute Gasteiger partial charge is 0.164 e. The summed E-state index contributed by atoms with van der Waals surface area (Å²) in [5.74, 6) is 2.94. The number of benzene rings is 18.